The summed E-state index contributed by atoms with van der Waals surface area (Å²) in [5.41, 5.74) is 0. The molecule has 0 radical (unpaired) electrons. The lowest BCUT2D eigenvalue weighted by molar-refractivity contribution is -0.0531. The van der Waals surface area contributed by atoms with Crippen LogP contribution < -0.4 is 0 Å². The summed E-state index contributed by atoms with van der Waals surface area (Å²) < 4.78 is 10.6. The minimum Gasteiger partial charge on any atom is -0.355 e. The fraction of sp³-hybridized carbons (Fsp3) is 0.833. The molecule has 0 rings (SSSR count). The highest BCUT2D eigenvalue weighted by Crippen LogP contribution is 1.95. The van der Waals surface area contributed by atoms with Gasteiger partial charge in [0.1, 0.15) is 6.79 Å². The van der Waals surface area contributed by atoms with Gasteiger partial charge in [-0.15, -0.1) is 0 Å². The van der Waals surface area contributed by atoms with Gasteiger partial charge in [0.2, 0.25) is 0 Å². The molecule has 90 valence electrons. The Kier molecular flexibility index (Phi) is 14.3. The number of halogens is 1. The number of hydrogen-bond acceptors (Lipinski definition) is 2. The Bertz CT molecular complexity index is 138. The van der Waals surface area contributed by atoms with E-state index in [0.717, 1.165) is 37.8 Å². The third-order valence-electron chi connectivity index (χ3n) is 1.93. The van der Waals surface area contributed by atoms with Crippen LogP contribution in [0.25, 0.3) is 0 Å². The minimum absolute atomic E-state index is 0.440. The second-order valence-electron chi connectivity index (χ2n) is 3.38. The minimum atomic E-state index is 0.440. The summed E-state index contributed by atoms with van der Waals surface area (Å²) in [6, 6.07) is 0. The predicted octanol–water partition coefficient (Wildman–Crippen LogP) is 3.90. The lowest BCUT2D eigenvalue weighted by Crippen LogP contribution is -2.02. The standard InChI is InChI=1S/C12H23BrO2/c1-2-3-7-10-14-12-15-11-8-5-4-6-9-13/h4-5H,2-3,6-12H2,1H3. The zero-order chi connectivity index (χ0) is 11.2. The summed E-state index contributed by atoms with van der Waals surface area (Å²) in [4.78, 5) is 0. The fourth-order valence-corrected chi connectivity index (χ4v) is 1.35. The van der Waals surface area contributed by atoms with E-state index < -0.39 is 0 Å². The Hall–Kier alpha value is 0.140. The summed E-state index contributed by atoms with van der Waals surface area (Å²) in [5.74, 6) is 0. The Morgan fingerprint density at radius 1 is 1.00 bits per heavy atom. The van der Waals surface area contributed by atoms with Gasteiger partial charge in [-0.25, -0.2) is 0 Å². The van der Waals surface area contributed by atoms with Crippen molar-refractivity contribution in [2.75, 3.05) is 25.3 Å². The van der Waals surface area contributed by atoms with Crippen LogP contribution in [0.15, 0.2) is 12.2 Å². The fourth-order valence-electron chi connectivity index (χ4n) is 1.08. The van der Waals surface area contributed by atoms with Crippen molar-refractivity contribution >= 4 is 15.9 Å². The second kappa shape index (κ2) is 14.1. The molecule has 0 saturated heterocycles. The normalized spacial score (nSPS) is 11.3. The predicted molar refractivity (Wildman–Crippen MR) is 68.5 cm³/mol. The number of alkyl halides is 1. The molecule has 0 aromatic rings. The maximum absolute atomic E-state index is 5.31. The molecule has 0 aliphatic heterocycles. The van der Waals surface area contributed by atoms with Crippen LogP contribution in [0.4, 0.5) is 0 Å². The number of allylic oxidation sites excluding steroid dienone is 1. The van der Waals surface area contributed by atoms with Gasteiger partial charge in [0.05, 0.1) is 6.61 Å². The van der Waals surface area contributed by atoms with Gasteiger partial charge in [-0.1, -0.05) is 47.8 Å². The highest BCUT2D eigenvalue weighted by molar-refractivity contribution is 9.09. The van der Waals surface area contributed by atoms with Gasteiger partial charge in [0, 0.05) is 11.9 Å². The molecular formula is C12H23BrO2. The monoisotopic (exact) mass is 278 g/mol. The largest absolute Gasteiger partial charge is 0.355 e. The first kappa shape index (κ1) is 15.1. The van der Waals surface area contributed by atoms with Crippen LogP contribution >= 0.6 is 15.9 Å². The number of unbranched alkanes of at least 4 members (excludes halogenated alkanes) is 2. The summed E-state index contributed by atoms with van der Waals surface area (Å²) in [7, 11) is 0. The molecule has 0 amide bonds. The van der Waals surface area contributed by atoms with Crippen LogP contribution in [-0.2, 0) is 9.47 Å². The molecule has 0 aliphatic carbocycles. The number of hydrogen-bond donors (Lipinski definition) is 0. The molecule has 0 atom stereocenters. The number of ether oxygens (including phenoxy) is 2. The van der Waals surface area contributed by atoms with Crippen molar-refractivity contribution in [1.29, 1.82) is 0 Å². The van der Waals surface area contributed by atoms with Crippen molar-refractivity contribution in [2.24, 2.45) is 0 Å². The highest BCUT2D eigenvalue weighted by Gasteiger charge is 1.88. The van der Waals surface area contributed by atoms with Crippen LogP contribution in [0.2, 0.25) is 0 Å². The molecule has 0 aromatic carbocycles. The van der Waals surface area contributed by atoms with Crippen LogP contribution in [-0.4, -0.2) is 25.3 Å². The van der Waals surface area contributed by atoms with E-state index in [1.165, 1.54) is 12.8 Å². The Balaban J connectivity index is 2.92. The van der Waals surface area contributed by atoms with Crippen molar-refractivity contribution in [3.63, 3.8) is 0 Å². The molecular weight excluding hydrogens is 256 g/mol. The first-order valence-electron chi connectivity index (χ1n) is 5.78. The molecule has 0 bridgehead atoms. The third-order valence-corrected chi connectivity index (χ3v) is 2.39. The molecule has 0 unspecified atom stereocenters. The van der Waals surface area contributed by atoms with Crippen molar-refractivity contribution in [1.82, 2.24) is 0 Å². The molecule has 0 aromatic heterocycles. The molecule has 0 N–H and O–H groups in total. The van der Waals surface area contributed by atoms with E-state index in [1.807, 2.05) is 0 Å². The van der Waals surface area contributed by atoms with E-state index in [4.69, 9.17) is 9.47 Å². The topological polar surface area (TPSA) is 18.5 Å². The molecule has 15 heavy (non-hydrogen) atoms. The van der Waals surface area contributed by atoms with Crippen LogP contribution in [0, 0.1) is 0 Å². The molecule has 0 spiro atoms. The van der Waals surface area contributed by atoms with Gasteiger partial charge in [-0.05, 0) is 19.3 Å². The van der Waals surface area contributed by atoms with E-state index >= 15 is 0 Å². The summed E-state index contributed by atoms with van der Waals surface area (Å²) in [6.07, 6.45) is 10.0. The maximum Gasteiger partial charge on any atom is 0.146 e. The second-order valence-corrected chi connectivity index (χ2v) is 4.17. The lowest BCUT2D eigenvalue weighted by Gasteiger charge is -2.03. The Labute approximate surface area is 102 Å². The molecule has 0 saturated carbocycles. The quantitative estimate of drug-likeness (QED) is 0.247. The molecule has 2 nitrogen and oxygen atoms in total. The van der Waals surface area contributed by atoms with E-state index in [-0.39, 0.29) is 0 Å². The molecule has 3 heteroatoms. The van der Waals surface area contributed by atoms with Crippen molar-refractivity contribution in [3.8, 4) is 0 Å². The van der Waals surface area contributed by atoms with E-state index in [1.54, 1.807) is 0 Å². The number of rotatable bonds is 11. The van der Waals surface area contributed by atoms with Crippen molar-refractivity contribution < 1.29 is 9.47 Å². The summed E-state index contributed by atoms with van der Waals surface area (Å²) >= 11 is 3.37. The van der Waals surface area contributed by atoms with Gasteiger partial charge < -0.3 is 9.47 Å². The SMILES string of the molecule is CCCCCOCOCCC=CCCBr. The Morgan fingerprint density at radius 2 is 1.73 bits per heavy atom. The maximum atomic E-state index is 5.31. The first-order valence-corrected chi connectivity index (χ1v) is 6.90. The third kappa shape index (κ3) is 14.1. The van der Waals surface area contributed by atoms with Crippen molar-refractivity contribution in [3.05, 3.63) is 12.2 Å². The van der Waals surface area contributed by atoms with Gasteiger partial charge in [0.25, 0.3) is 0 Å². The van der Waals surface area contributed by atoms with Crippen molar-refractivity contribution in [2.45, 2.75) is 39.0 Å². The average molecular weight is 279 g/mol. The smallest absolute Gasteiger partial charge is 0.146 e. The average Bonchev–Trinajstić information content (AvgIpc) is 2.26. The zero-order valence-electron chi connectivity index (χ0n) is 9.71. The summed E-state index contributed by atoms with van der Waals surface area (Å²) in [6.45, 7) is 4.21. The molecule has 0 fully saturated rings. The van der Waals surface area contributed by atoms with Gasteiger partial charge in [-0.3, -0.25) is 0 Å². The van der Waals surface area contributed by atoms with Gasteiger partial charge in [-0.2, -0.15) is 0 Å². The molecule has 0 heterocycles. The molecule has 0 aliphatic rings. The highest BCUT2D eigenvalue weighted by atomic mass is 79.9. The summed E-state index contributed by atoms with van der Waals surface area (Å²) in [5, 5.41) is 1.03. The van der Waals surface area contributed by atoms with E-state index in [2.05, 4.69) is 35.0 Å². The Morgan fingerprint density at radius 3 is 2.47 bits per heavy atom. The zero-order valence-corrected chi connectivity index (χ0v) is 11.3. The van der Waals surface area contributed by atoms with E-state index in [9.17, 15) is 0 Å². The van der Waals surface area contributed by atoms with Gasteiger partial charge in [0.15, 0.2) is 0 Å². The lowest BCUT2D eigenvalue weighted by atomic mass is 10.3. The van der Waals surface area contributed by atoms with Crippen LogP contribution in [0.1, 0.15) is 39.0 Å². The van der Waals surface area contributed by atoms with Crippen LogP contribution in [0.3, 0.4) is 0 Å². The van der Waals surface area contributed by atoms with Gasteiger partial charge >= 0.3 is 0 Å². The van der Waals surface area contributed by atoms with E-state index in [0.29, 0.717) is 6.79 Å². The first-order chi connectivity index (χ1) is 7.41. The van der Waals surface area contributed by atoms with Crippen LogP contribution in [0.5, 0.6) is 0 Å².